The molecule has 2 aromatic carbocycles. The van der Waals surface area contributed by atoms with E-state index in [4.69, 9.17) is 11.6 Å². The fourth-order valence-corrected chi connectivity index (χ4v) is 4.27. The summed E-state index contributed by atoms with van der Waals surface area (Å²) in [6.45, 7) is 0. The lowest BCUT2D eigenvalue weighted by Crippen LogP contribution is -2.09. The molecule has 2 N–H and O–H groups in total. The molecule has 4 aromatic rings. The van der Waals surface area contributed by atoms with Crippen LogP contribution in [0.1, 0.15) is 0 Å². The second kappa shape index (κ2) is 6.02. The Morgan fingerprint density at radius 2 is 1.68 bits per heavy atom. The number of H-pyrrole nitrogens is 1. The maximum atomic E-state index is 14.2. The Kier molecular flexibility index (Phi) is 3.82. The fraction of sp³-hybridized carbons (Fsp3) is 0. The van der Waals surface area contributed by atoms with Gasteiger partial charge < -0.3 is 10.1 Å². The second-order valence-electron chi connectivity index (χ2n) is 5.48. The van der Waals surface area contributed by atoms with Crippen LogP contribution in [0.5, 0.6) is 5.75 Å². The highest BCUT2D eigenvalue weighted by atomic mass is 35.5. The first-order valence-electron chi connectivity index (χ1n) is 7.45. The minimum atomic E-state index is -0.578. The Bertz CT molecular complexity index is 1150. The van der Waals surface area contributed by atoms with E-state index in [-0.39, 0.29) is 16.9 Å². The number of rotatable bonds is 2. The van der Waals surface area contributed by atoms with E-state index in [1.807, 2.05) is 30.3 Å². The zero-order valence-electron chi connectivity index (χ0n) is 12.7. The van der Waals surface area contributed by atoms with E-state index >= 15 is 0 Å². The van der Waals surface area contributed by atoms with Gasteiger partial charge in [0.05, 0.1) is 10.9 Å². The summed E-state index contributed by atoms with van der Waals surface area (Å²) in [4.78, 5) is 15.6. The lowest BCUT2D eigenvalue weighted by Gasteiger charge is -2.08. The Morgan fingerprint density at radius 3 is 2.40 bits per heavy atom. The Morgan fingerprint density at radius 1 is 1.00 bits per heavy atom. The number of hydrogen-bond donors (Lipinski definition) is 2. The summed E-state index contributed by atoms with van der Waals surface area (Å²) < 4.78 is 14.6. The van der Waals surface area contributed by atoms with Crippen molar-refractivity contribution in [2.75, 3.05) is 0 Å². The van der Waals surface area contributed by atoms with Gasteiger partial charge in [0.1, 0.15) is 20.7 Å². The van der Waals surface area contributed by atoms with E-state index in [0.717, 1.165) is 5.56 Å². The third kappa shape index (κ3) is 2.52. The van der Waals surface area contributed by atoms with Crippen LogP contribution in [0.15, 0.2) is 59.4 Å². The molecule has 2 aromatic heterocycles. The minimum Gasteiger partial charge on any atom is -0.506 e. The molecule has 124 valence electrons. The average Bonchev–Trinajstić information content (AvgIpc) is 2.93. The fourth-order valence-electron chi connectivity index (χ4n) is 2.89. The van der Waals surface area contributed by atoms with Gasteiger partial charge in [0.25, 0.3) is 5.56 Å². The van der Waals surface area contributed by atoms with Crippen molar-refractivity contribution in [2.24, 2.45) is 0 Å². The monoisotopic (exact) mass is 371 g/mol. The molecule has 0 radical (unpaired) electrons. The van der Waals surface area contributed by atoms with Crippen LogP contribution in [0, 0.1) is 5.82 Å². The predicted octanol–water partition coefficient (Wildman–Crippen LogP) is 5.42. The topological polar surface area (TPSA) is 53.1 Å². The molecule has 0 fully saturated rings. The molecule has 25 heavy (non-hydrogen) atoms. The van der Waals surface area contributed by atoms with Crippen LogP contribution in [0.3, 0.4) is 0 Å². The van der Waals surface area contributed by atoms with E-state index in [0.29, 0.717) is 20.1 Å². The molecule has 0 atom stereocenters. The Labute approximate surface area is 151 Å². The molecule has 0 unspecified atom stereocenters. The van der Waals surface area contributed by atoms with Crippen LogP contribution in [0.4, 0.5) is 4.39 Å². The number of nitrogens with one attached hydrogen (secondary N) is 1. The SMILES string of the molecule is O=c1[nH]c2sc(Cl)c(-c3ccccc3)c2c(O)c1-c1ccccc1F. The van der Waals surface area contributed by atoms with Gasteiger partial charge in [0.2, 0.25) is 0 Å². The van der Waals surface area contributed by atoms with Crippen molar-refractivity contribution in [3.8, 4) is 28.0 Å². The van der Waals surface area contributed by atoms with Gasteiger partial charge >= 0.3 is 0 Å². The van der Waals surface area contributed by atoms with E-state index in [1.54, 1.807) is 6.07 Å². The standard InChI is InChI=1S/C19H11ClFNO2S/c20-17-13(10-6-2-1-3-7-10)15-16(23)14(18(24)22-19(15)25-17)11-8-4-5-9-12(11)21/h1-9H,(H2,22,23,24). The van der Waals surface area contributed by atoms with E-state index in [2.05, 4.69) is 4.98 Å². The van der Waals surface area contributed by atoms with Crippen molar-refractivity contribution in [1.82, 2.24) is 4.98 Å². The molecule has 0 aliphatic heterocycles. The number of pyridine rings is 1. The molecule has 6 heteroatoms. The van der Waals surface area contributed by atoms with Crippen molar-refractivity contribution in [3.05, 3.63) is 75.1 Å². The number of aromatic amines is 1. The van der Waals surface area contributed by atoms with Gasteiger partial charge in [-0.05, 0) is 11.6 Å². The number of thiophene rings is 1. The minimum absolute atomic E-state index is 0.0458. The van der Waals surface area contributed by atoms with Gasteiger partial charge in [-0.25, -0.2) is 4.39 Å². The second-order valence-corrected chi connectivity index (χ2v) is 7.10. The summed E-state index contributed by atoms with van der Waals surface area (Å²) in [5.41, 5.74) is 0.809. The molecule has 0 amide bonds. The van der Waals surface area contributed by atoms with Crippen LogP contribution in [0.2, 0.25) is 4.34 Å². The Balaban J connectivity index is 2.12. The highest BCUT2D eigenvalue weighted by molar-refractivity contribution is 7.23. The highest BCUT2D eigenvalue weighted by Crippen LogP contribution is 2.46. The molecular formula is C19H11ClFNO2S. The van der Waals surface area contributed by atoms with Crippen LogP contribution in [-0.4, -0.2) is 10.1 Å². The highest BCUT2D eigenvalue weighted by Gasteiger charge is 2.23. The van der Waals surface area contributed by atoms with Gasteiger partial charge in [-0.15, -0.1) is 11.3 Å². The summed E-state index contributed by atoms with van der Waals surface area (Å²) in [5, 5.41) is 11.2. The summed E-state index contributed by atoms with van der Waals surface area (Å²) in [7, 11) is 0. The first-order valence-corrected chi connectivity index (χ1v) is 8.65. The lowest BCUT2D eigenvalue weighted by molar-refractivity contribution is 0.482. The van der Waals surface area contributed by atoms with Crippen LogP contribution >= 0.6 is 22.9 Å². The zero-order chi connectivity index (χ0) is 17.6. The molecule has 0 spiro atoms. The van der Waals surface area contributed by atoms with Gasteiger partial charge in [-0.1, -0.05) is 60.1 Å². The van der Waals surface area contributed by atoms with E-state index in [1.165, 1.54) is 29.5 Å². The Hall–Kier alpha value is -2.63. The first kappa shape index (κ1) is 15.9. The molecule has 0 bridgehead atoms. The maximum absolute atomic E-state index is 14.2. The third-order valence-corrected chi connectivity index (χ3v) is 5.31. The van der Waals surface area contributed by atoms with Crippen molar-refractivity contribution < 1.29 is 9.50 Å². The number of halogens is 2. The quantitative estimate of drug-likeness (QED) is 0.494. The van der Waals surface area contributed by atoms with Crippen LogP contribution in [-0.2, 0) is 0 Å². The number of aromatic hydroxyl groups is 1. The lowest BCUT2D eigenvalue weighted by atomic mass is 10.0. The summed E-state index contributed by atoms with van der Waals surface area (Å²) in [6, 6.07) is 15.2. The largest absolute Gasteiger partial charge is 0.506 e. The molecule has 0 saturated carbocycles. The molecular weight excluding hydrogens is 361 g/mol. The van der Waals surface area contributed by atoms with E-state index < -0.39 is 11.4 Å². The summed E-state index contributed by atoms with van der Waals surface area (Å²) in [6.07, 6.45) is 0. The summed E-state index contributed by atoms with van der Waals surface area (Å²) in [5.74, 6) is -0.851. The predicted molar refractivity (Wildman–Crippen MR) is 100.0 cm³/mol. The van der Waals surface area contributed by atoms with Crippen molar-refractivity contribution in [2.45, 2.75) is 0 Å². The number of benzene rings is 2. The van der Waals surface area contributed by atoms with Gasteiger partial charge in [0.15, 0.2) is 0 Å². The van der Waals surface area contributed by atoms with E-state index in [9.17, 15) is 14.3 Å². The van der Waals surface area contributed by atoms with Crippen LogP contribution in [0.25, 0.3) is 32.5 Å². The maximum Gasteiger partial charge on any atom is 0.260 e. The number of fused-ring (bicyclic) bond motifs is 1. The third-order valence-electron chi connectivity index (χ3n) is 4.00. The molecule has 3 nitrogen and oxygen atoms in total. The summed E-state index contributed by atoms with van der Waals surface area (Å²) >= 11 is 7.53. The molecule has 0 aliphatic rings. The van der Waals surface area contributed by atoms with Crippen molar-refractivity contribution in [1.29, 1.82) is 0 Å². The number of hydrogen-bond acceptors (Lipinski definition) is 3. The van der Waals surface area contributed by atoms with Crippen molar-refractivity contribution >= 4 is 33.2 Å². The van der Waals surface area contributed by atoms with Crippen LogP contribution < -0.4 is 5.56 Å². The first-order chi connectivity index (χ1) is 12.1. The average molecular weight is 372 g/mol. The number of aromatic nitrogens is 1. The molecule has 0 saturated heterocycles. The molecule has 2 heterocycles. The normalized spacial score (nSPS) is 11.1. The zero-order valence-corrected chi connectivity index (χ0v) is 14.3. The smallest absolute Gasteiger partial charge is 0.260 e. The van der Waals surface area contributed by atoms with Gasteiger partial charge in [-0.2, -0.15) is 0 Å². The van der Waals surface area contributed by atoms with Gasteiger partial charge in [0, 0.05) is 11.1 Å². The van der Waals surface area contributed by atoms with Crippen molar-refractivity contribution in [3.63, 3.8) is 0 Å². The molecule has 0 aliphatic carbocycles. The molecule has 4 rings (SSSR count). The van der Waals surface area contributed by atoms with Gasteiger partial charge in [-0.3, -0.25) is 4.79 Å².